The number of ether oxygens (including phenoxy) is 1. The smallest absolute Gasteiger partial charge is 0.369 e. The van der Waals surface area contributed by atoms with Gasteiger partial charge in [-0.1, -0.05) is 47.6 Å². The second-order valence-electron chi connectivity index (χ2n) is 6.18. The third-order valence-corrected chi connectivity index (χ3v) is 5.49. The number of rotatable bonds is 7. The van der Waals surface area contributed by atoms with Gasteiger partial charge in [0.05, 0.1) is 25.8 Å². The molecule has 0 saturated carbocycles. The predicted octanol–water partition coefficient (Wildman–Crippen LogP) is 3.66. The Bertz CT molecular complexity index is 656. The molecule has 6 heteroatoms. The largest absolute Gasteiger partial charge is 0.372 e. The van der Waals surface area contributed by atoms with Gasteiger partial charge in [-0.25, -0.2) is 4.98 Å². The molecule has 1 aliphatic heterocycles. The molecule has 1 aliphatic rings. The van der Waals surface area contributed by atoms with Crippen LogP contribution in [0.5, 0.6) is 0 Å². The molecule has 2 heterocycles. The summed E-state index contributed by atoms with van der Waals surface area (Å²) in [5.41, 5.74) is 2.20. The molecule has 2 unspecified atom stereocenters. The Morgan fingerprint density at radius 2 is 2.08 bits per heavy atom. The number of nitrogens with zero attached hydrogens (tertiary/aromatic N) is 2. The van der Waals surface area contributed by atoms with Crippen molar-refractivity contribution in [1.29, 1.82) is 0 Å². The van der Waals surface area contributed by atoms with Crippen LogP contribution in [0.2, 0.25) is 0 Å². The van der Waals surface area contributed by atoms with Gasteiger partial charge in [-0.05, 0) is 37.0 Å². The molecule has 3 rings (SSSR count). The summed E-state index contributed by atoms with van der Waals surface area (Å²) < 4.78 is 21.7. The van der Waals surface area contributed by atoms with Crippen LogP contribution >= 0.6 is 0 Å². The highest BCUT2D eigenvalue weighted by atomic mass is 32.2. The molecule has 134 valence electrons. The van der Waals surface area contributed by atoms with Crippen molar-refractivity contribution in [2.75, 3.05) is 17.8 Å². The molecule has 2 atom stereocenters. The van der Waals surface area contributed by atoms with Gasteiger partial charge in [0.25, 0.3) is 0 Å². The zero-order chi connectivity index (χ0) is 17.5. The van der Waals surface area contributed by atoms with Crippen molar-refractivity contribution in [2.24, 2.45) is 0 Å². The molecule has 5 nitrogen and oxygen atoms in total. The van der Waals surface area contributed by atoms with E-state index in [0.717, 1.165) is 43.9 Å². The summed E-state index contributed by atoms with van der Waals surface area (Å²) in [5.74, 6) is 0.720. The van der Waals surface area contributed by atoms with E-state index in [4.69, 9.17) is 4.74 Å². The minimum atomic E-state index is -1.05. The summed E-state index contributed by atoms with van der Waals surface area (Å²) >= 11 is -1.05. The number of anilines is 1. The van der Waals surface area contributed by atoms with Crippen LogP contribution in [0.4, 0.5) is 5.82 Å². The van der Waals surface area contributed by atoms with Crippen molar-refractivity contribution in [2.45, 2.75) is 38.9 Å². The Morgan fingerprint density at radius 1 is 1.24 bits per heavy atom. The van der Waals surface area contributed by atoms with E-state index in [2.05, 4.69) is 28.8 Å². The second kappa shape index (κ2) is 9.20. The van der Waals surface area contributed by atoms with Crippen LogP contribution in [0.1, 0.15) is 31.0 Å². The molecular formula is C19H26N3O2S+. The van der Waals surface area contributed by atoms with Crippen LogP contribution in [0, 0.1) is 0 Å². The quantitative estimate of drug-likeness (QED) is 0.738. The van der Waals surface area contributed by atoms with Gasteiger partial charge in [-0.2, -0.15) is 0 Å². The number of nitrogens with one attached hydrogen (secondary N) is 1. The topological polar surface area (TPSA) is 57.6 Å². The molecule has 0 bridgehead atoms. The Labute approximate surface area is 152 Å². The summed E-state index contributed by atoms with van der Waals surface area (Å²) in [5, 5.41) is 0. The maximum atomic E-state index is 10.5. The first-order chi connectivity index (χ1) is 12.2. The van der Waals surface area contributed by atoms with E-state index in [-0.39, 0.29) is 6.10 Å². The van der Waals surface area contributed by atoms with Gasteiger partial charge < -0.3 is 4.74 Å². The molecule has 1 fully saturated rings. The maximum Gasteiger partial charge on any atom is 0.369 e. The first kappa shape index (κ1) is 18.2. The Balaban J connectivity index is 1.51. The average molecular weight is 361 g/mol. The summed E-state index contributed by atoms with van der Waals surface area (Å²) in [4.78, 5) is 4.50. The van der Waals surface area contributed by atoms with Crippen molar-refractivity contribution in [3.63, 3.8) is 0 Å². The number of benzene rings is 1. The van der Waals surface area contributed by atoms with Crippen molar-refractivity contribution >= 4 is 17.4 Å². The van der Waals surface area contributed by atoms with Gasteiger partial charge in [0.1, 0.15) is 0 Å². The van der Waals surface area contributed by atoms with Crippen LogP contribution in [0.15, 0.2) is 48.5 Å². The summed E-state index contributed by atoms with van der Waals surface area (Å²) in [6, 6.07) is 16.1. The lowest BCUT2D eigenvalue weighted by molar-refractivity contribution is 0.00836. The number of hydrogen-bond donors (Lipinski definition) is 2. The molecule has 1 aromatic heterocycles. The van der Waals surface area contributed by atoms with E-state index in [1.165, 1.54) is 5.56 Å². The Morgan fingerprint density at radius 3 is 2.88 bits per heavy atom. The summed E-state index contributed by atoms with van der Waals surface area (Å²) in [6.07, 6.45) is 3.08. The van der Waals surface area contributed by atoms with E-state index in [0.29, 0.717) is 6.61 Å². The third-order valence-electron chi connectivity index (χ3n) is 4.28. The normalized spacial score (nSPS) is 19.5. The van der Waals surface area contributed by atoms with Gasteiger partial charge in [0.2, 0.25) is 0 Å². The number of aryl methyl sites for hydroxylation is 1. The molecule has 0 amide bonds. The van der Waals surface area contributed by atoms with Gasteiger partial charge in [0, 0.05) is 5.69 Å². The SMILES string of the molecule is CCc1cccc(N[S+](O)N2CCCC(OCc3ccccc3)C2)n1. The van der Waals surface area contributed by atoms with Crippen molar-refractivity contribution < 1.29 is 9.29 Å². The number of hydrogen-bond acceptors (Lipinski definition) is 5. The lowest BCUT2D eigenvalue weighted by Crippen LogP contribution is -2.45. The van der Waals surface area contributed by atoms with Crippen LogP contribution < -0.4 is 4.72 Å². The molecule has 1 aromatic carbocycles. The van der Waals surface area contributed by atoms with E-state index in [1.807, 2.05) is 40.7 Å². The zero-order valence-electron chi connectivity index (χ0n) is 14.6. The fourth-order valence-corrected chi connectivity index (χ4v) is 3.92. The minimum absolute atomic E-state index is 0.146. The monoisotopic (exact) mass is 360 g/mol. The van der Waals surface area contributed by atoms with Gasteiger partial charge in [0.15, 0.2) is 5.82 Å². The van der Waals surface area contributed by atoms with E-state index in [1.54, 1.807) is 0 Å². The van der Waals surface area contributed by atoms with Crippen molar-refractivity contribution in [1.82, 2.24) is 9.29 Å². The molecule has 25 heavy (non-hydrogen) atoms. The van der Waals surface area contributed by atoms with Crippen molar-refractivity contribution in [3.8, 4) is 0 Å². The molecule has 2 aromatic rings. The van der Waals surface area contributed by atoms with Gasteiger partial charge in [-0.15, -0.1) is 9.27 Å². The highest BCUT2D eigenvalue weighted by Gasteiger charge is 2.34. The average Bonchev–Trinajstić information content (AvgIpc) is 2.67. The number of piperidine rings is 1. The minimum Gasteiger partial charge on any atom is -0.372 e. The van der Waals surface area contributed by atoms with E-state index >= 15 is 0 Å². The molecule has 1 saturated heterocycles. The number of aromatic nitrogens is 1. The third kappa shape index (κ3) is 5.44. The van der Waals surface area contributed by atoms with Crippen LogP contribution in [-0.2, 0) is 29.3 Å². The van der Waals surface area contributed by atoms with E-state index < -0.39 is 11.5 Å². The standard InChI is InChI=1S/C19H25N3O2S/c1-2-17-10-6-12-19(20-17)21-25(23)22-13-7-11-18(14-22)24-15-16-8-4-3-5-9-16/h3-6,8-10,12,18H,2,7,11,13-15H2,1H3,(H,20,21,23)/p+1. The highest BCUT2D eigenvalue weighted by molar-refractivity contribution is 7.90. The molecule has 0 spiro atoms. The molecule has 0 radical (unpaired) electrons. The lowest BCUT2D eigenvalue weighted by atomic mass is 10.1. The Kier molecular flexibility index (Phi) is 6.69. The fourth-order valence-electron chi connectivity index (χ4n) is 2.88. The summed E-state index contributed by atoms with van der Waals surface area (Å²) in [6.45, 7) is 4.29. The van der Waals surface area contributed by atoms with Crippen LogP contribution in [0.3, 0.4) is 0 Å². The van der Waals surface area contributed by atoms with Crippen LogP contribution in [-0.4, -0.2) is 33.0 Å². The molecular weight excluding hydrogens is 334 g/mol. The van der Waals surface area contributed by atoms with Crippen LogP contribution in [0.25, 0.3) is 0 Å². The maximum absolute atomic E-state index is 10.5. The molecule has 2 N–H and O–H groups in total. The van der Waals surface area contributed by atoms with Crippen molar-refractivity contribution in [3.05, 3.63) is 59.8 Å². The fraction of sp³-hybridized carbons (Fsp3) is 0.421. The summed E-state index contributed by atoms with van der Waals surface area (Å²) in [7, 11) is 0. The number of pyridine rings is 1. The zero-order valence-corrected chi connectivity index (χ0v) is 15.4. The predicted molar refractivity (Wildman–Crippen MR) is 103 cm³/mol. The Hall–Kier alpha value is -1.60. The highest BCUT2D eigenvalue weighted by Crippen LogP contribution is 2.19. The van der Waals surface area contributed by atoms with Gasteiger partial charge >= 0.3 is 11.5 Å². The lowest BCUT2D eigenvalue weighted by Gasteiger charge is -2.27. The second-order valence-corrected chi connectivity index (χ2v) is 7.43. The first-order valence-corrected chi connectivity index (χ1v) is 9.95. The molecule has 0 aliphatic carbocycles. The van der Waals surface area contributed by atoms with E-state index in [9.17, 15) is 4.55 Å². The first-order valence-electron chi connectivity index (χ1n) is 8.81. The van der Waals surface area contributed by atoms with Gasteiger partial charge in [-0.3, -0.25) is 0 Å².